The van der Waals surface area contributed by atoms with E-state index in [-0.39, 0.29) is 11.2 Å². The van der Waals surface area contributed by atoms with E-state index in [9.17, 15) is 4.79 Å². The zero-order valence-corrected chi connectivity index (χ0v) is 13.8. The Kier molecular flexibility index (Phi) is 4.22. The second-order valence-corrected chi connectivity index (χ2v) is 6.25. The van der Waals surface area contributed by atoms with Gasteiger partial charge in [0, 0.05) is 0 Å². The highest BCUT2D eigenvalue weighted by Gasteiger charge is 2.26. The molecule has 0 saturated heterocycles. The summed E-state index contributed by atoms with van der Waals surface area (Å²) in [5.41, 5.74) is 2.42. The monoisotopic (exact) mass is 338 g/mol. The summed E-state index contributed by atoms with van der Waals surface area (Å²) in [6.45, 7) is 0. The average Bonchev–Trinajstić information content (AvgIpc) is 3.10. The molecule has 1 aromatic carbocycles. The number of nitrogens with zero attached hydrogens (tertiary/aromatic N) is 1. The first-order chi connectivity index (χ1) is 10.6. The Bertz CT molecular complexity index is 717. The van der Waals surface area contributed by atoms with Gasteiger partial charge >= 0.3 is 5.97 Å². The van der Waals surface area contributed by atoms with Crippen LogP contribution in [0.2, 0.25) is 5.15 Å². The van der Waals surface area contributed by atoms with Crippen LogP contribution < -0.4 is 10.1 Å². The van der Waals surface area contributed by atoms with Crippen LogP contribution in [0, 0.1) is 0 Å². The highest BCUT2D eigenvalue weighted by atomic mass is 35.5. The fraction of sp³-hybridized carbons (Fsp3) is 0.333. The third-order valence-corrected chi connectivity index (χ3v) is 5.05. The molecule has 7 heteroatoms. The Morgan fingerprint density at radius 2 is 2.27 bits per heavy atom. The number of carbonyl (C=O) groups is 1. The smallest absolute Gasteiger partial charge is 0.351 e. The van der Waals surface area contributed by atoms with E-state index >= 15 is 0 Å². The number of methoxy groups -OCH3 is 2. The molecule has 5 nitrogen and oxygen atoms in total. The summed E-state index contributed by atoms with van der Waals surface area (Å²) in [6.07, 6.45) is 1.89. The average molecular weight is 339 g/mol. The number of benzene rings is 1. The van der Waals surface area contributed by atoms with Gasteiger partial charge in [-0.25, -0.2) is 9.78 Å². The normalized spacial score (nSPS) is 16.2. The molecule has 1 atom stereocenters. The number of anilines is 1. The zero-order chi connectivity index (χ0) is 15.7. The highest BCUT2D eigenvalue weighted by molar-refractivity contribution is 7.18. The van der Waals surface area contributed by atoms with Crippen molar-refractivity contribution in [2.45, 2.75) is 18.9 Å². The molecule has 1 N–H and O–H groups in total. The van der Waals surface area contributed by atoms with Crippen molar-refractivity contribution in [3.63, 3.8) is 0 Å². The van der Waals surface area contributed by atoms with Gasteiger partial charge in [-0.15, -0.1) is 0 Å². The second kappa shape index (κ2) is 6.14. The first-order valence-electron chi connectivity index (χ1n) is 6.81. The number of aromatic nitrogens is 1. The van der Waals surface area contributed by atoms with Crippen LogP contribution in [0.5, 0.6) is 5.75 Å². The minimum absolute atomic E-state index is 0.137. The Morgan fingerprint density at radius 1 is 1.45 bits per heavy atom. The maximum absolute atomic E-state index is 11.6. The number of rotatable bonds is 4. The molecule has 0 aliphatic heterocycles. The summed E-state index contributed by atoms with van der Waals surface area (Å²) in [5.74, 6) is 0.443. The maximum Gasteiger partial charge on any atom is 0.351 e. The Balaban J connectivity index is 1.83. The summed E-state index contributed by atoms with van der Waals surface area (Å²) in [7, 11) is 3.00. The van der Waals surface area contributed by atoms with Crippen LogP contribution in [-0.2, 0) is 11.2 Å². The molecule has 1 heterocycles. The minimum atomic E-state index is -0.468. The summed E-state index contributed by atoms with van der Waals surface area (Å²) >= 11 is 7.19. The summed E-state index contributed by atoms with van der Waals surface area (Å²) in [5, 5.41) is 4.13. The number of esters is 1. The van der Waals surface area contributed by atoms with Crippen molar-refractivity contribution >= 4 is 34.0 Å². The number of thiazole rings is 1. The quantitative estimate of drug-likeness (QED) is 0.861. The predicted octanol–water partition coefficient (Wildman–Crippen LogP) is 3.69. The van der Waals surface area contributed by atoms with Crippen molar-refractivity contribution in [3.05, 3.63) is 39.4 Å². The molecule has 0 spiro atoms. The third kappa shape index (κ3) is 2.64. The molecule has 2 aromatic rings. The summed E-state index contributed by atoms with van der Waals surface area (Å²) in [4.78, 5) is 16.1. The standard InChI is InChI=1S/C15H15ClN2O3S/c1-20-11-5-3-4-8-9(11)6-7-10(8)17-15-18-13(16)12(22-15)14(19)21-2/h3-5,10H,6-7H2,1-2H3,(H,17,18). The molecule has 1 unspecified atom stereocenters. The molecule has 1 aromatic heterocycles. The van der Waals surface area contributed by atoms with Crippen LogP contribution in [0.15, 0.2) is 18.2 Å². The SMILES string of the molecule is COC(=O)c1sc(NC2CCc3c(OC)cccc32)nc1Cl. The molecule has 22 heavy (non-hydrogen) atoms. The molecular formula is C15H15ClN2O3S. The number of ether oxygens (including phenoxy) is 2. The molecule has 1 aliphatic rings. The fourth-order valence-electron chi connectivity index (χ4n) is 2.69. The molecule has 0 bridgehead atoms. The number of nitrogens with one attached hydrogen (secondary N) is 1. The predicted molar refractivity (Wildman–Crippen MR) is 86.1 cm³/mol. The number of carbonyl (C=O) groups excluding carboxylic acids is 1. The van der Waals surface area contributed by atoms with E-state index in [1.54, 1.807) is 7.11 Å². The van der Waals surface area contributed by atoms with Crippen LogP contribution in [0.4, 0.5) is 5.13 Å². The van der Waals surface area contributed by atoms with Gasteiger partial charge in [0.1, 0.15) is 5.75 Å². The van der Waals surface area contributed by atoms with Gasteiger partial charge in [0.2, 0.25) is 0 Å². The van der Waals surface area contributed by atoms with Crippen molar-refractivity contribution in [1.29, 1.82) is 0 Å². The van der Waals surface area contributed by atoms with Crippen LogP contribution in [0.1, 0.15) is 33.3 Å². The van der Waals surface area contributed by atoms with Gasteiger partial charge in [0.05, 0.1) is 20.3 Å². The van der Waals surface area contributed by atoms with Crippen molar-refractivity contribution in [3.8, 4) is 5.75 Å². The van der Waals surface area contributed by atoms with Crippen LogP contribution in [0.25, 0.3) is 0 Å². The maximum atomic E-state index is 11.6. The van der Waals surface area contributed by atoms with Crippen LogP contribution >= 0.6 is 22.9 Å². The Labute approximate surface area is 137 Å². The fourth-order valence-corrected chi connectivity index (χ4v) is 3.85. The molecule has 1 aliphatic carbocycles. The molecule has 3 rings (SSSR count). The van der Waals surface area contributed by atoms with Gasteiger partial charge in [0.15, 0.2) is 15.2 Å². The van der Waals surface area contributed by atoms with Gasteiger partial charge in [0.25, 0.3) is 0 Å². The lowest BCUT2D eigenvalue weighted by atomic mass is 10.1. The summed E-state index contributed by atoms with van der Waals surface area (Å²) in [6, 6.07) is 6.17. The van der Waals surface area contributed by atoms with E-state index < -0.39 is 5.97 Å². The van der Waals surface area contributed by atoms with Crippen LogP contribution in [0.3, 0.4) is 0 Å². The molecule has 0 amide bonds. The lowest BCUT2D eigenvalue weighted by Gasteiger charge is -2.13. The highest BCUT2D eigenvalue weighted by Crippen LogP contribution is 2.40. The van der Waals surface area contributed by atoms with Crippen molar-refractivity contribution in [2.24, 2.45) is 0 Å². The molecular weight excluding hydrogens is 324 g/mol. The van der Waals surface area contributed by atoms with E-state index in [4.69, 9.17) is 16.3 Å². The van der Waals surface area contributed by atoms with E-state index in [0.29, 0.717) is 10.0 Å². The molecule has 0 fully saturated rings. The molecule has 116 valence electrons. The summed E-state index contributed by atoms with van der Waals surface area (Å²) < 4.78 is 10.1. The largest absolute Gasteiger partial charge is 0.496 e. The van der Waals surface area contributed by atoms with Crippen LogP contribution in [-0.4, -0.2) is 25.2 Å². The Hall–Kier alpha value is -1.79. The van der Waals surface area contributed by atoms with E-state index in [2.05, 4.69) is 21.1 Å². The lowest BCUT2D eigenvalue weighted by molar-refractivity contribution is 0.0606. The van der Waals surface area contributed by atoms with Gasteiger partial charge in [-0.1, -0.05) is 35.1 Å². The number of hydrogen-bond acceptors (Lipinski definition) is 6. The second-order valence-electron chi connectivity index (χ2n) is 4.89. The molecule has 0 radical (unpaired) electrons. The first-order valence-corrected chi connectivity index (χ1v) is 8.00. The first kappa shape index (κ1) is 15.1. The minimum Gasteiger partial charge on any atom is -0.496 e. The Morgan fingerprint density at radius 3 is 3.00 bits per heavy atom. The zero-order valence-electron chi connectivity index (χ0n) is 12.2. The van der Waals surface area contributed by atoms with E-state index in [0.717, 1.165) is 18.6 Å². The topological polar surface area (TPSA) is 60.5 Å². The van der Waals surface area contributed by atoms with Crippen molar-refractivity contribution in [1.82, 2.24) is 4.98 Å². The van der Waals surface area contributed by atoms with Gasteiger partial charge < -0.3 is 14.8 Å². The third-order valence-electron chi connectivity index (χ3n) is 3.70. The number of hydrogen-bond donors (Lipinski definition) is 1. The van der Waals surface area contributed by atoms with Crippen molar-refractivity contribution in [2.75, 3.05) is 19.5 Å². The number of fused-ring (bicyclic) bond motifs is 1. The van der Waals surface area contributed by atoms with E-state index in [1.165, 1.54) is 29.6 Å². The lowest BCUT2D eigenvalue weighted by Crippen LogP contribution is -2.06. The molecule has 0 saturated carbocycles. The van der Waals surface area contributed by atoms with Gasteiger partial charge in [-0.2, -0.15) is 0 Å². The van der Waals surface area contributed by atoms with Crippen molar-refractivity contribution < 1.29 is 14.3 Å². The number of halogens is 1. The van der Waals surface area contributed by atoms with E-state index in [1.807, 2.05) is 12.1 Å². The van der Waals surface area contributed by atoms with Gasteiger partial charge in [-0.3, -0.25) is 0 Å². The van der Waals surface area contributed by atoms with Gasteiger partial charge in [-0.05, 0) is 30.0 Å².